The number of carbonyl (C=O) groups is 1. The van der Waals surface area contributed by atoms with Gasteiger partial charge in [0.2, 0.25) is 0 Å². The zero-order valence-corrected chi connectivity index (χ0v) is 13.1. The van der Waals surface area contributed by atoms with Gasteiger partial charge in [-0.25, -0.2) is 0 Å². The summed E-state index contributed by atoms with van der Waals surface area (Å²) in [6, 6.07) is 11.0. The number of aromatic amines is 1. The van der Waals surface area contributed by atoms with Gasteiger partial charge in [-0.1, -0.05) is 17.7 Å². The molecule has 0 fully saturated rings. The highest BCUT2D eigenvalue weighted by Crippen LogP contribution is 2.30. The standard InChI is InChI=1S/C18H13F3N2O2/c1-10-2-5-13(6-3-10)22-16(24)14-9-11-8-12(18(19,20)21)4-7-15(11)23-17(14)25/h2-9H,1H3,(H,22,24)(H,23,25). The first-order chi connectivity index (χ1) is 11.7. The molecule has 3 aromatic rings. The summed E-state index contributed by atoms with van der Waals surface area (Å²) in [6.45, 7) is 1.89. The molecule has 3 rings (SSSR count). The molecule has 0 aliphatic heterocycles. The molecule has 1 heterocycles. The minimum absolute atomic E-state index is 0.128. The summed E-state index contributed by atoms with van der Waals surface area (Å²) >= 11 is 0. The maximum Gasteiger partial charge on any atom is 0.416 e. The van der Waals surface area contributed by atoms with Crippen molar-refractivity contribution >= 4 is 22.5 Å². The number of H-pyrrole nitrogens is 1. The molecule has 25 heavy (non-hydrogen) atoms. The average molecular weight is 346 g/mol. The van der Waals surface area contributed by atoms with Gasteiger partial charge in [-0.15, -0.1) is 0 Å². The SMILES string of the molecule is Cc1ccc(NC(=O)c2cc3cc(C(F)(F)F)ccc3[nH]c2=O)cc1. The first kappa shape index (κ1) is 16.8. The van der Waals surface area contributed by atoms with Crippen LogP contribution in [-0.2, 0) is 6.18 Å². The Kier molecular flexibility index (Phi) is 4.08. The lowest BCUT2D eigenvalue weighted by atomic mass is 10.1. The number of pyridine rings is 1. The van der Waals surface area contributed by atoms with Crippen molar-refractivity contribution in [3.63, 3.8) is 0 Å². The molecule has 0 saturated carbocycles. The van der Waals surface area contributed by atoms with E-state index < -0.39 is 23.2 Å². The number of nitrogens with one attached hydrogen (secondary N) is 2. The molecule has 0 atom stereocenters. The van der Waals surface area contributed by atoms with E-state index in [1.165, 1.54) is 6.07 Å². The number of hydrogen-bond donors (Lipinski definition) is 2. The van der Waals surface area contributed by atoms with Crippen molar-refractivity contribution in [3.05, 3.63) is 75.6 Å². The van der Waals surface area contributed by atoms with Crippen molar-refractivity contribution in [3.8, 4) is 0 Å². The highest BCUT2D eigenvalue weighted by atomic mass is 19.4. The molecule has 2 N–H and O–H groups in total. The number of aryl methyl sites for hydroxylation is 1. The van der Waals surface area contributed by atoms with E-state index in [-0.39, 0.29) is 16.5 Å². The fourth-order valence-electron chi connectivity index (χ4n) is 2.39. The van der Waals surface area contributed by atoms with E-state index in [1.54, 1.807) is 24.3 Å². The molecular formula is C18H13F3N2O2. The lowest BCUT2D eigenvalue weighted by Gasteiger charge is -2.09. The molecule has 4 nitrogen and oxygen atoms in total. The maximum absolute atomic E-state index is 12.8. The third-order valence-corrected chi connectivity index (χ3v) is 3.73. The number of carbonyl (C=O) groups excluding carboxylic acids is 1. The van der Waals surface area contributed by atoms with Gasteiger partial charge in [-0.2, -0.15) is 13.2 Å². The number of rotatable bonds is 2. The van der Waals surface area contributed by atoms with Gasteiger partial charge in [-0.3, -0.25) is 9.59 Å². The minimum Gasteiger partial charge on any atom is -0.322 e. The van der Waals surface area contributed by atoms with Crippen LogP contribution >= 0.6 is 0 Å². The van der Waals surface area contributed by atoms with Gasteiger partial charge in [0, 0.05) is 11.2 Å². The summed E-state index contributed by atoms with van der Waals surface area (Å²) in [5, 5.41) is 2.68. The highest BCUT2D eigenvalue weighted by molar-refractivity contribution is 6.05. The van der Waals surface area contributed by atoms with E-state index in [4.69, 9.17) is 0 Å². The predicted molar refractivity (Wildman–Crippen MR) is 88.7 cm³/mol. The van der Waals surface area contributed by atoms with Crippen LogP contribution in [0, 0.1) is 6.92 Å². The Morgan fingerprint density at radius 3 is 2.36 bits per heavy atom. The lowest BCUT2D eigenvalue weighted by molar-refractivity contribution is -0.137. The number of anilines is 1. The van der Waals surface area contributed by atoms with E-state index in [1.807, 2.05) is 6.92 Å². The predicted octanol–water partition coefficient (Wildman–Crippen LogP) is 4.11. The molecule has 0 bridgehead atoms. The third kappa shape index (κ3) is 3.55. The van der Waals surface area contributed by atoms with Crippen LogP contribution in [0.25, 0.3) is 10.9 Å². The monoisotopic (exact) mass is 346 g/mol. The summed E-state index contributed by atoms with van der Waals surface area (Å²) in [5.41, 5.74) is -0.0635. The van der Waals surface area contributed by atoms with Gasteiger partial charge in [0.1, 0.15) is 5.56 Å². The summed E-state index contributed by atoms with van der Waals surface area (Å²) in [4.78, 5) is 26.8. The van der Waals surface area contributed by atoms with Gasteiger partial charge in [0.25, 0.3) is 11.5 Å². The summed E-state index contributed by atoms with van der Waals surface area (Å²) in [5.74, 6) is -0.690. The van der Waals surface area contributed by atoms with Gasteiger partial charge in [-0.05, 0) is 48.7 Å². The molecular weight excluding hydrogens is 333 g/mol. The number of fused-ring (bicyclic) bond motifs is 1. The van der Waals surface area contributed by atoms with Crippen molar-refractivity contribution in [1.82, 2.24) is 4.98 Å². The number of alkyl halides is 3. The third-order valence-electron chi connectivity index (χ3n) is 3.73. The quantitative estimate of drug-likeness (QED) is 0.734. The molecule has 0 aliphatic carbocycles. The maximum atomic E-state index is 12.8. The van der Waals surface area contributed by atoms with Crippen LogP contribution in [0.15, 0.2) is 53.3 Å². The Morgan fingerprint density at radius 2 is 1.72 bits per heavy atom. The first-order valence-electron chi connectivity index (χ1n) is 7.36. The largest absolute Gasteiger partial charge is 0.416 e. The van der Waals surface area contributed by atoms with E-state index in [0.717, 1.165) is 23.8 Å². The van der Waals surface area contributed by atoms with Crippen LogP contribution in [0.5, 0.6) is 0 Å². The zero-order chi connectivity index (χ0) is 18.2. The zero-order valence-electron chi connectivity index (χ0n) is 13.1. The van der Waals surface area contributed by atoms with Gasteiger partial charge in [0.05, 0.1) is 5.56 Å². The summed E-state index contributed by atoms with van der Waals surface area (Å²) < 4.78 is 38.5. The number of aromatic nitrogens is 1. The molecule has 0 radical (unpaired) electrons. The lowest BCUT2D eigenvalue weighted by Crippen LogP contribution is -2.23. The second-order valence-corrected chi connectivity index (χ2v) is 5.63. The number of benzene rings is 2. The van der Waals surface area contributed by atoms with Crippen molar-refractivity contribution < 1.29 is 18.0 Å². The molecule has 1 amide bonds. The molecule has 7 heteroatoms. The van der Waals surface area contributed by atoms with E-state index in [2.05, 4.69) is 10.3 Å². The van der Waals surface area contributed by atoms with E-state index in [0.29, 0.717) is 5.69 Å². The summed E-state index contributed by atoms with van der Waals surface area (Å²) in [6.07, 6.45) is -4.51. The molecule has 0 aliphatic rings. The van der Waals surface area contributed by atoms with Crippen LogP contribution in [0.4, 0.5) is 18.9 Å². The topological polar surface area (TPSA) is 62.0 Å². The second-order valence-electron chi connectivity index (χ2n) is 5.63. The fraction of sp³-hybridized carbons (Fsp3) is 0.111. The summed E-state index contributed by atoms with van der Waals surface area (Å²) in [7, 11) is 0. The Labute approximate surface area is 140 Å². The molecule has 0 saturated heterocycles. The Bertz CT molecular complexity index is 1010. The van der Waals surface area contributed by atoms with Crippen LogP contribution in [0.1, 0.15) is 21.5 Å². The first-order valence-corrected chi connectivity index (χ1v) is 7.36. The van der Waals surface area contributed by atoms with Gasteiger partial charge in [0.15, 0.2) is 0 Å². The second kappa shape index (κ2) is 6.08. The van der Waals surface area contributed by atoms with Crippen LogP contribution in [-0.4, -0.2) is 10.9 Å². The molecule has 128 valence electrons. The molecule has 0 unspecified atom stereocenters. The van der Waals surface area contributed by atoms with E-state index in [9.17, 15) is 22.8 Å². The number of halogens is 3. The van der Waals surface area contributed by atoms with Crippen molar-refractivity contribution in [1.29, 1.82) is 0 Å². The molecule has 2 aromatic carbocycles. The smallest absolute Gasteiger partial charge is 0.322 e. The van der Waals surface area contributed by atoms with Crippen LogP contribution in [0.3, 0.4) is 0 Å². The Balaban J connectivity index is 2.00. The van der Waals surface area contributed by atoms with Crippen LogP contribution < -0.4 is 10.9 Å². The Hall–Kier alpha value is -3.09. The van der Waals surface area contributed by atoms with Crippen molar-refractivity contribution in [2.45, 2.75) is 13.1 Å². The number of hydrogen-bond acceptors (Lipinski definition) is 2. The fourth-order valence-corrected chi connectivity index (χ4v) is 2.39. The molecule has 0 spiro atoms. The van der Waals surface area contributed by atoms with Gasteiger partial charge >= 0.3 is 6.18 Å². The number of amides is 1. The van der Waals surface area contributed by atoms with Gasteiger partial charge < -0.3 is 10.3 Å². The molecule has 1 aromatic heterocycles. The van der Waals surface area contributed by atoms with Crippen LogP contribution in [0.2, 0.25) is 0 Å². The minimum atomic E-state index is -4.51. The van der Waals surface area contributed by atoms with Crippen molar-refractivity contribution in [2.24, 2.45) is 0 Å². The normalized spacial score (nSPS) is 11.5. The Morgan fingerprint density at radius 1 is 1.04 bits per heavy atom. The van der Waals surface area contributed by atoms with Crippen molar-refractivity contribution in [2.75, 3.05) is 5.32 Å². The van der Waals surface area contributed by atoms with E-state index >= 15 is 0 Å². The highest BCUT2D eigenvalue weighted by Gasteiger charge is 2.30. The average Bonchev–Trinajstić information content (AvgIpc) is 2.55.